The minimum atomic E-state index is -3.70. The summed E-state index contributed by atoms with van der Waals surface area (Å²) in [7, 11) is -3.70. The summed E-state index contributed by atoms with van der Waals surface area (Å²) in [5.41, 5.74) is 3.52. The van der Waals surface area contributed by atoms with Gasteiger partial charge in [-0.1, -0.05) is 42.4 Å². The first-order valence-electron chi connectivity index (χ1n) is 7.30. The molecule has 0 bridgehead atoms. The van der Waals surface area contributed by atoms with Gasteiger partial charge in [-0.05, 0) is 43.5 Å². The summed E-state index contributed by atoms with van der Waals surface area (Å²) in [5, 5.41) is 9.30. The van der Waals surface area contributed by atoms with Crippen LogP contribution in [0.25, 0.3) is 16.7 Å². The molecule has 2 N–H and O–H groups in total. The number of aryl methyl sites for hydroxylation is 1. The largest absolute Gasteiger partial charge is 0.360 e. The lowest BCUT2D eigenvalue weighted by atomic mass is 9.98. The molecule has 2 rings (SSSR count). The lowest BCUT2D eigenvalue weighted by Crippen LogP contribution is -2.11. The van der Waals surface area contributed by atoms with Gasteiger partial charge in [-0.15, -0.1) is 0 Å². The van der Waals surface area contributed by atoms with E-state index in [1.165, 1.54) is 12.1 Å². The highest BCUT2D eigenvalue weighted by molar-refractivity contribution is 7.89. The predicted molar refractivity (Wildman–Crippen MR) is 91.1 cm³/mol. The van der Waals surface area contributed by atoms with Gasteiger partial charge in [0.2, 0.25) is 10.0 Å². The fourth-order valence-corrected chi connectivity index (χ4v) is 2.83. The Kier molecular flexibility index (Phi) is 5.18. The third-order valence-corrected chi connectivity index (χ3v) is 4.44. The van der Waals surface area contributed by atoms with Gasteiger partial charge in [-0.25, -0.2) is 13.6 Å². The second-order valence-corrected chi connectivity index (χ2v) is 6.66. The van der Waals surface area contributed by atoms with Crippen molar-refractivity contribution in [2.75, 3.05) is 0 Å². The molecular formula is C17H20N2O3S. The van der Waals surface area contributed by atoms with Crippen molar-refractivity contribution >= 4 is 15.6 Å². The Morgan fingerprint density at radius 3 is 2.48 bits per heavy atom. The topological polar surface area (TPSA) is 86.2 Å². The Labute approximate surface area is 136 Å². The molecule has 0 fully saturated rings. The third-order valence-electron chi connectivity index (χ3n) is 3.51. The number of aromatic nitrogens is 1. The van der Waals surface area contributed by atoms with E-state index in [9.17, 15) is 8.42 Å². The number of nitrogens with zero attached hydrogens (tertiary/aromatic N) is 1. The maximum atomic E-state index is 11.4. The number of rotatable bonds is 5. The van der Waals surface area contributed by atoms with Crippen LogP contribution in [0.15, 0.2) is 51.9 Å². The van der Waals surface area contributed by atoms with Gasteiger partial charge >= 0.3 is 0 Å². The number of hydrogen-bond acceptors (Lipinski definition) is 4. The normalized spacial score (nSPS) is 13.0. The summed E-state index contributed by atoms with van der Waals surface area (Å²) in [6, 6.07) is 6.40. The van der Waals surface area contributed by atoms with Crippen molar-refractivity contribution in [2.24, 2.45) is 5.14 Å². The number of nitrogens with two attached hydrogens (primary N) is 1. The van der Waals surface area contributed by atoms with E-state index in [2.05, 4.69) is 5.16 Å². The van der Waals surface area contributed by atoms with E-state index in [0.29, 0.717) is 5.76 Å². The molecular weight excluding hydrogens is 312 g/mol. The van der Waals surface area contributed by atoms with Crippen LogP contribution in [0.2, 0.25) is 0 Å². The zero-order valence-electron chi connectivity index (χ0n) is 13.4. The summed E-state index contributed by atoms with van der Waals surface area (Å²) < 4.78 is 28.1. The first-order chi connectivity index (χ1) is 10.9. The molecule has 0 aliphatic rings. The molecule has 2 aromatic rings. The third kappa shape index (κ3) is 3.78. The van der Waals surface area contributed by atoms with Crippen LogP contribution in [0.5, 0.6) is 0 Å². The molecule has 122 valence electrons. The van der Waals surface area contributed by atoms with Crippen molar-refractivity contribution in [1.29, 1.82) is 0 Å². The van der Waals surface area contributed by atoms with Crippen LogP contribution in [0.3, 0.4) is 0 Å². The molecule has 0 saturated carbocycles. The lowest BCUT2D eigenvalue weighted by Gasteiger charge is -2.06. The summed E-state index contributed by atoms with van der Waals surface area (Å²) in [6.07, 6.45) is 6.71. The van der Waals surface area contributed by atoms with Gasteiger partial charge in [0, 0.05) is 0 Å². The van der Waals surface area contributed by atoms with Gasteiger partial charge in [-0.3, -0.25) is 0 Å². The van der Waals surface area contributed by atoms with Gasteiger partial charge in [0.05, 0.1) is 10.5 Å². The second-order valence-electron chi connectivity index (χ2n) is 5.10. The van der Waals surface area contributed by atoms with Crippen molar-refractivity contribution in [3.63, 3.8) is 0 Å². The van der Waals surface area contributed by atoms with E-state index in [1.807, 2.05) is 39.0 Å². The minimum Gasteiger partial charge on any atom is -0.360 e. The summed E-state index contributed by atoms with van der Waals surface area (Å²) in [5.74, 6) is 0.684. The van der Waals surface area contributed by atoms with Gasteiger partial charge in [0.15, 0.2) is 0 Å². The molecule has 0 radical (unpaired) electrons. The number of allylic oxidation sites excluding steroid dienone is 4. The first-order valence-corrected chi connectivity index (χ1v) is 8.84. The second kappa shape index (κ2) is 6.93. The average Bonchev–Trinajstić information content (AvgIpc) is 2.89. The van der Waals surface area contributed by atoms with Crippen LogP contribution in [0.4, 0.5) is 0 Å². The fourth-order valence-electron chi connectivity index (χ4n) is 2.32. The van der Waals surface area contributed by atoms with Crippen molar-refractivity contribution in [3.05, 3.63) is 53.9 Å². The number of sulfonamides is 1. The molecule has 0 unspecified atom stereocenters. The van der Waals surface area contributed by atoms with Crippen LogP contribution in [-0.4, -0.2) is 13.6 Å². The van der Waals surface area contributed by atoms with E-state index in [0.717, 1.165) is 28.8 Å². The van der Waals surface area contributed by atoms with Crippen LogP contribution >= 0.6 is 0 Å². The van der Waals surface area contributed by atoms with Gasteiger partial charge in [0.1, 0.15) is 11.5 Å². The Hall–Kier alpha value is -2.18. The molecule has 0 aliphatic carbocycles. The van der Waals surface area contributed by atoms with E-state index >= 15 is 0 Å². The standard InChI is InChI=1S/C17H20N2O3S/c1-4-6-7-13(5-2)17-16(12(3)22-19-17)14-8-10-15(11-9-14)23(18,20)21/h4,6-11H,5H2,1-3H3,(H2,18,20,21)/b6-4-,13-7+. The molecule has 0 saturated heterocycles. The first kappa shape index (κ1) is 17.2. The SMILES string of the molecule is C/C=C\C=C(/CC)c1noc(C)c1-c1ccc(S(N)(=O)=O)cc1. The molecule has 5 nitrogen and oxygen atoms in total. The Balaban J connectivity index is 2.54. The minimum absolute atomic E-state index is 0.0806. The highest BCUT2D eigenvalue weighted by Crippen LogP contribution is 2.33. The maximum absolute atomic E-state index is 11.4. The quantitative estimate of drug-likeness (QED) is 0.846. The van der Waals surface area contributed by atoms with Gasteiger partial charge in [-0.2, -0.15) is 0 Å². The van der Waals surface area contributed by atoms with E-state index in [-0.39, 0.29) is 4.90 Å². The van der Waals surface area contributed by atoms with Crippen molar-refractivity contribution < 1.29 is 12.9 Å². The molecule has 0 amide bonds. The molecule has 0 atom stereocenters. The number of benzene rings is 1. The lowest BCUT2D eigenvalue weighted by molar-refractivity contribution is 0.396. The van der Waals surface area contributed by atoms with E-state index < -0.39 is 10.0 Å². The highest BCUT2D eigenvalue weighted by atomic mass is 32.2. The monoisotopic (exact) mass is 332 g/mol. The Bertz CT molecular complexity index is 844. The van der Waals surface area contributed by atoms with E-state index in [1.54, 1.807) is 12.1 Å². The smallest absolute Gasteiger partial charge is 0.238 e. The van der Waals surface area contributed by atoms with Crippen LogP contribution in [0, 0.1) is 6.92 Å². The van der Waals surface area contributed by atoms with Gasteiger partial charge < -0.3 is 4.52 Å². The zero-order chi connectivity index (χ0) is 17.0. The molecule has 1 aromatic heterocycles. The molecule has 1 aromatic carbocycles. The molecule has 23 heavy (non-hydrogen) atoms. The molecule has 1 heterocycles. The number of hydrogen-bond donors (Lipinski definition) is 1. The van der Waals surface area contributed by atoms with E-state index in [4.69, 9.17) is 9.66 Å². The highest BCUT2D eigenvalue weighted by Gasteiger charge is 2.18. The van der Waals surface area contributed by atoms with Gasteiger partial charge in [0.25, 0.3) is 0 Å². The van der Waals surface area contributed by atoms with Crippen LogP contribution in [-0.2, 0) is 10.0 Å². The van der Waals surface area contributed by atoms with Crippen LogP contribution in [0.1, 0.15) is 31.7 Å². The fraction of sp³-hybridized carbons (Fsp3) is 0.235. The van der Waals surface area contributed by atoms with Crippen molar-refractivity contribution in [2.45, 2.75) is 32.1 Å². The summed E-state index contributed by atoms with van der Waals surface area (Å²) in [6.45, 7) is 5.83. The number of primary sulfonamides is 1. The summed E-state index contributed by atoms with van der Waals surface area (Å²) in [4.78, 5) is 0.0806. The maximum Gasteiger partial charge on any atom is 0.238 e. The van der Waals surface area contributed by atoms with Crippen LogP contribution < -0.4 is 5.14 Å². The Morgan fingerprint density at radius 1 is 1.30 bits per heavy atom. The molecule has 0 spiro atoms. The zero-order valence-corrected chi connectivity index (χ0v) is 14.2. The summed E-state index contributed by atoms with van der Waals surface area (Å²) >= 11 is 0. The molecule has 0 aliphatic heterocycles. The molecule has 6 heteroatoms. The van der Waals surface area contributed by atoms with Crippen molar-refractivity contribution in [1.82, 2.24) is 5.16 Å². The average molecular weight is 332 g/mol. The van der Waals surface area contributed by atoms with Crippen molar-refractivity contribution in [3.8, 4) is 11.1 Å². The predicted octanol–water partition coefficient (Wildman–Crippen LogP) is 3.67. The Morgan fingerprint density at radius 2 is 1.96 bits per heavy atom.